The van der Waals surface area contributed by atoms with Crippen LogP contribution in [0.25, 0.3) is 0 Å². The van der Waals surface area contributed by atoms with Gasteiger partial charge in [-0.1, -0.05) is 13.5 Å². The van der Waals surface area contributed by atoms with Crippen molar-refractivity contribution < 1.29 is 19.1 Å². The van der Waals surface area contributed by atoms with Crippen LogP contribution in [0.4, 0.5) is 10.5 Å². The van der Waals surface area contributed by atoms with E-state index >= 15 is 0 Å². The second-order valence-corrected chi connectivity index (χ2v) is 5.42. The Balaban J connectivity index is 2.90. The molecular formula is C16H21NO4. The van der Waals surface area contributed by atoms with Gasteiger partial charge in [-0.25, -0.2) is 9.59 Å². The highest BCUT2D eigenvalue weighted by molar-refractivity contribution is 5.93. The summed E-state index contributed by atoms with van der Waals surface area (Å²) in [5, 5.41) is 2.64. The van der Waals surface area contributed by atoms with Crippen molar-refractivity contribution in [3.8, 4) is 0 Å². The lowest BCUT2D eigenvalue weighted by atomic mass is 10.0. The number of carbonyl (C=O) groups excluding carboxylic acids is 2. The van der Waals surface area contributed by atoms with Crippen LogP contribution in [0.2, 0.25) is 0 Å². The number of hydrogen-bond acceptors (Lipinski definition) is 4. The van der Waals surface area contributed by atoms with Crippen molar-refractivity contribution in [2.45, 2.75) is 39.7 Å². The van der Waals surface area contributed by atoms with Crippen LogP contribution in [0, 0.1) is 0 Å². The molecule has 5 heteroatoms. The molecule has 0 aliphatic rings. The normalized spacial score (nSPS) is 10.7. The Morgan fingerprint density at radius 2 is 2.00 bits per heavy atom. The van der Waals surface area contributed by atoms with Crippen LogP contribution in [-0.2, 0) is 15.9 Å². The zero-order valence-electron chi connectivity index (χ0n) is 12.9. The van der Waals surface area contributed by atoms with Crippen LogP contribution in [0.1, 0.15) is 43.6 Å². The predicted molar refractivity (Wildman–Crippen MR) is 81.3 cm³/mol. The maximum atomic E-state index is 11.7. The Kier molecular flexibility index (Phi) is 5.52. The van der Waals surface area contributed by atoms with Crippen LogP contribution in [0.5, 0.6) is 0 Å². The van der Waals surface area contributed by atoms with Gasteiger partial charge in [0.25, 0.3) is 0 Å². The van der Waals surface area contributed by atoms with Gasteiger partial charge in [0.1, 0.15) is 5.60 Å². The van der Waals surface area contributed by atoms with Crippen LogP contribution >= 0.6 is 0 Å². The van der Waals surface area contributed by atoms with Crippen molar-refractivity contribution in [1.82, 2.24) is 0 Å². The average molecular weight is 291 g/mol. The number of anilines is 1. The molecule has 0 aliphatic heterocycles. The van der Waals surface area contributed by atoms with E-state index in [0.717, 1.165) is 11.8 Å². The number of benzene rings is 1. The van der Waals surface area contributed by atoms with E-state index in [-0.39, 0.29) is 0 Å². The van der Waals surface area contributed by atoms with Gasteiger partial charge >= 0.3 is 12.1 Å². The van der Waals surface area contributed by atoms with Crippen LogP contribution in [0.3, 0.4) is 0 Å². The fourth-order valence-corrected chi connectivity index (χ4v) is 1.72. The Hall–Kier alpha value is -2.30. The smallest absolute Gasteiger partial charge is 0.412 e. The number of esters is 1. The first-order valence-electron chi connectivity index (χ1n) is 6.71. The standard InChI is InChI=1S/C16H21NO4/c1-6-11-10-12(17-15(19)21-16(3,4)5)8-9-13(11)14(18)20-7-2/h7-10H,2,6H2,1,3-5H3,(H,17,19). The van der Waals surface area contributed by atoms with E-state index in [1.165, 1.54) is 0 Å². The molecule has 0 fully saturated rings. The number of amides is 1. The molecule has 0 heterocycles. The summed E-state index contributed by atoms with van der Waals surface area (Å²) in [7, 11) is 0. The van der Waals surface area contributed by atoms with Crippen molar-refractivity contribution in [3.63, 3.8) is 0 Å². The number of rotatable bonds is 4. The van der Waals surface area contributed by atoms with E-state index in [2.05, 4.69) is 11.9 Å². The molecule has 0 aromatic heterocycles. The molecule has 1 amide bonds. The summed E-state index contributed by atoms with van der Waals surface area (Å²) in [6, 6.07) is 4.96. The topological polar surface area (TPSA) is 64.6 Å². The Morgan fingerprint density at radius 3 is 2.52 bits per heavy atom. The Morgan fingerprint density at radius 1 is 1.33 bits per heavy atom. The molecule has 0 saturated carbocycles. The monoisotopic (exact) mass is 291 g/mol. The number of nitrogens with one attached hydrogen (secondary N) is 1. The lowest BCUT2D eigenvalue weighted by Gasteiger charge is -2.20. The summed E-state index contributed by atoms with van der Waals surface area (Å²) < 4.78 is 9.95. The van der Waals surface area contributed by atoms with Crippen molar-refractivity contribution in [2.24, 2.45) is 0 Å². The molecule has 0 unspecified atom stereocenters. The molecule has 114 valence electrons. The predicted octanol–water partition coefficient (Wildman–Crippen LogP) is 3.90. The van der Waals surface area contributed by atoms with Crippen molar-refractivity contribution in [3.05, 3.63) is 42.2 Å². The lowest BCUT2D eigenvalue weighted by Crippen LogP contribution is -2.27. The van der Waals surface area contributed by atoms with Crippen LogP contribution in [0.15, 0.2) is 31.0 Å². The first-order valence-corrected chi connectivity index (χ1v) is 6.71. The fourth-order valence-electron chi connectivity index (χ4n) is 1.72. The maximum Gasteiger partial charge on any atom is 0.412 e. The minimum atomic E-state index is -0.564. The summed E-state index contributed by atoms with van der Waals surface area (Å²) in [5.74, 6) is -0.467. The molecular weight excluding hydrogens is 270 g/mol. The molecule has 0 radical (unpaired) electrons. The number of hydrogen-bond donors (Lipinski definition) is 1. The minimum absolute atomic E-state index is 0.451. The average Bonchev–Trinajstić information content (AvgIpc) is 2.36. The van der Waals surface area contributed by atoms with Gasteiger partial charge in [0.15, 0.2) is 0 Å². The molecule has 1 rings (SSSR count). The molecule has 21 heavy (non-hydrogen) atoms. The van der Waals surface area contributed by atoms with E-state index in [4.69, 9.17) is 9.47 Å². The first-order chi connectivity index (χ1) is 9.76. The van der Waals surface area contributed by atoms with Gasteiger partial charge < -0.3 is 9.47 Å². The number of aryl methyl sites for hydroxylation is 1. The van der Waals surface area contributed by atoms with Gasteiger partial charge in [0.2, 0.25) is 0 Å². The highest BCUT2D eigenvalue weighted by Crippen LogP contribution is 2.19. The zero-order chi connectivity index (χ0) is 16.0. The SMILES string of the molecule is C=COC(=O)c1ccc(NC(=O)OC(C)(C)C)cc1CC. The molecule has 0 saturated heterocycles. The third-order valence-corrected chi connectivity index (χ3v) is 2.54. The van der Waals surface area contributed by atoms with Crippen molar-refractivity contribution >= 4 is 17.7 Å². The quantitative estimate of drug-likeness (QED) is 0.675. The Bertz CT molecular complexity index is 544. The van der Waals surface area contributed by atoms with Crippen molar-refractivity contribution in [1.29, 1.82) is 0 Å². The van der Waals surface area contributed by atoms with Crippen LogP contribution in [-0.4, -0.2) is 17.7 Å². The van der Waals surface area contributed by atoms with E-state index in [1.54, 1.807) is 39.0 Å². The van der Waals surface area contributed by atoms with Gasteiger partial charge in [-0.05, 0) is 51.0 Å². The second-order valence-electron chi connectivity index (χ2n) is 5.42. The van der Waals surface area contributed by atoms with E-state index in [9.17, 15) is 9.59 Å². The van der Waals surface area contributed by atoms with Gasteiger partial charge in [0.05, 0.1) is 11.8 Å². The Labute approximate surface area is 124 Å². The molecule has 1 N–H and O–H groups in total. The van der Waals surface area contributed by atoms with Gasteiger partial charge in [-0.2, -0.15) is 0 Å². The summed E-state index contributed by atoms with van der Waals surface area (Å²) >= 11 is 0. The van der Waals surface area contributed by atoms with Gasteiger partial charge in [0, 0.05) is 5.69 Å². The molecule has 0 spiro atoms. The summed E-state index contributed by atoms with van der Waals surface area (Å²) in [6.45, 7) is 10.6. The van der Waals surface area contributed by atoms with E-state index < -0.39 is 17.7 Å². The third-order valence-electron chi connectivity index (χ3n) is 2.54. The van der Waals surface area contributed by atoms with Gasteiger partial charge in [-0.3, -0.25) is 5.32 Å². The van der Waals surface area contributed by atoms with Crippen molar-refractivity contribution in [2.75, 3.05) is 5.32 Å². The number of carbonyl (C=O) groups is 2. The lowest BCUT2D eigenvalue weighted by molar-refractivity contribution is 0.0633. The summed E-state index contributed by atoms with van der Waals surface area (Å²) in [6.07, 6.45) is 1.19. The molecule has 0 atom stereocenters. The number of ether oxygens (including phenoxy) is 2. The summed E-state index contributed by atoms with van der Waals surface area (Å²) in [4.78, 5) is 23.5. The highest BCUT2D eigenvalue weighted by Gasteiger charge is 2.17. The van der Waals surface area contributed by atoms with E-state index in [0.29, 0.717) is 17.7 Å². The molecule has 0 bridgehead atoms. The van der Waals surface area contributed by atoms with Crippen LogP contribution < -0.4 is 5.32 Å². The molecule has 1 aromatic rings. The molecule has 0 aliphatic carbocycles. The maximum absolute atomic E-state index is 11.7. The summed E-state index contributed by atoms with van der Waals surface area (Å²) in [5.41, 5.74) is 1.23. The second kappa shape index (κ2) is 6.92. The van der Waals surface area contributed by atoms with E-state index in [1.807, 2.05) is 6.92 Å². The zero-order valence-corrected chi connectivity index (χ0v) is 12.9. The first kappa shape index (κ1) is 16.8. The fraction of sp³-hybridized carbons (Fsp3) is 0.375. The minimum Gasteiger partial charge on any atom is -0.444 e. The molecule has 1 aromatic carbocycles. The third kappa shape index (κ3) is 5.30. The van der Waals surface area contributed by atoms with Gasteiger partial charge in [-0.15, -0.1) is 0 Å². The highest BCUT2D eigenvalue weighted by atomic mass is 16.6. The molecule has 5 nitrogen and oxygen atoms in total. The largest absolute Gasteiger partial charge is 0.444 e.